The number of imidazole rings is 1. The lowest BCUT2D eigenvalue weighted by molar-refractivity contribution is -0.119. The lowest BCUT2D eigenvalue weighted by Crippen LogP contribution is -2.20. The van der Waals surface area contributed by atoms with Crippen LogP contribution in [0.25, 0.3) is 22.6 Å². The van der Waals surface area contributed by atoms with Gasteiger partial charge in [-0.1, -0.05) is 24.4 Å². The number of aromatic amines is 1. The fraction of sp³-hybridized carbons (Fsp3) is 0.278. The second kappa shape index (κ2) is 6.77. The van der Waals surface area contributed by atoms with Gasteiger partial charge in [-0.15, -0.1) is 0 Å². The number of hydrogen-bond donors (Lipinski definition) is 2. The maximum atomic E-state index is 12.3. The molecule has 0 unspecified atom stereocenters. The van der Waals surface area contributed by atoms with Crippen molar-refractivity contribution in [3.05, 3.63) is 40.0 Å². The Morgan fingerprint density at radius 2 is 2.08 bits per heavy atom. The molecule has 1 aliphatic rings. The first kappa shape index (κ1) is 16.5. The molecule has 0 atom stereocenters. The molecule has 5 nitrogen and oxygen atoms in total. The Labute approximate surface area is 158 Å². The summed E-state index contributed by atoms with van der Waals surface area (Å²) in [4.78, 5) is 24.3. The van der Waals surface area contributed by atoms with Crippen LogP contribution in [0, 0.1) is 5.92 Å². The number of nitrogens with one attached hydrogen (secondary N) is 2. The van der Waals surface area contributed by atoms with Crippen molar-refractivity contribution in [2.24, 2.45) is 5.92 Å². The predicted molar refractivity (Wildman–Crippen MR) is 103 cm³/mol. The summed E-state index contributed by atoms with van der Waals surface area (Å²) in [7, 11) is 0. The van der Waals surface area contributed by atoms with Gasteiger partial charge in [0.15, 0.2) is 5.65 Å². The molecule has 0 aliphatic heterocycles. The van der Waals surface area contributed by atoms with Gasteiger partial charge in [0.05, 0.1) is 10.5 Å². The lowest BCUT2D eigenvalue weighted by atomic mass is 10.1. The van der Waals surface area contributed by atoms with Crippen LogP contribution in [0.15, 0.2) is 34.9 Å². The molecule has 25 heavy (non-hydrogen) atoms. The van der Waals surface area contributed by atoms with Gasteiger partial charge in [-0.25, -0.2) is 9.97 Å². The molecule has 2 heterocycles. The Kier molecular flexibility index (Phi) is 4.48. The van der Waals surface area contributed by atoms with Crippen LogP contribution in [-0.4, -0.2) is 20.9 Å². The van der Waals surface area contributed by atoms with Crippen molar-refractivity contribution in [1.82, 2.24) is 15.0 Å². The van der Waals surface area contributed by atoms with Gasteiger partial charge in [0.1, 0.15) is 5.82 Å². The summed E-state index contributed by atoms with van der Waals surface area (Å²) in [6.07, 6.45) is 5.90. The van der Waals surface area contributed by atoms with Gasteiger partial charge in [-0.2, -0.15) is 0 Å². The van der Waals surface area contributed by atoms with E-state index < -0.39 is 0 Å². The van der Waals surface area contributed by atoms with Gasteiger partial charge in [-0.3, -0.25) is 4.79 Å². The zero-order chi connectivity index (χ0) is 17.4. The molecule has 3 aromatic rings. The van der Waals surface area contributed by atoms with E-state index in [9.17, 15) is 4.79 Å². The maximum Gasteiger partial charge on any atom is 0.227 e. The summed E-state index contributed by atoms with van der Waals surface area (Å²) >= 11 is 9.75. The fourth-order valence-electron chi connectivity index (χ4n) is 3.22. The molecule has 128 valence electrons. The first-order chi connectivity index (χ1) is 12.1. The molecule has 0 saturated heterocycles. The second-order valence-corrected chi connectivity index (χ2v) is 7.60. The standard InChI is InChI=1S/C18H16BrClN4O/c19-11-7-15-17(21-9-11)24-16(23-15)13-8-12(5-6-14(13)20)22-18(25)10-3-1-2-4-10/h5-10H,1-4H2,(H,22,25)(H,21,23,24). The number of pyridine rings is 1. The molecule has 0 radical (unpaired) electrons. The quantitative estimate of drug-likeness (QED) is 0.615. The Morgan fingerprint density at radius 3 is 2.88 bits per heavy atom. The highest BCUT2D eigenvalue weighted by molar-refractivity contribution is 9.10. The van der Waals surface area contributed by atoms with Crippen LogP contribution in [0.1, 0.15) is 25.7 Å². The lowest BCUT2D eigenvalue weighted by Gasteiger charge is -2.11. The smallest absolute Gasteiger partial charge is 0.227 e. The first-order valence-electron chi connectivity index (χ1n) is 8.22. The number of H-pyrrole nitrogens is 1. The third kappa shape index (κ3) is 3.41. The third-order valence-electron chi connectivity index (χ3n) is 4.52. The molecule has 0 spiro atoms. The largest absolute Gasteiger partial charge is 0.336 e. The van der Waals surface area contributed by atoms with Gasteiger partial charge < -0.3 is 10.3 Å². The van der Waals surface area contributed by atoms with E-state index in [0.717, 1.165) is 46.9 Å². The molecule has 2 N–H and O–H groups in total. The summed E-state index contributed by atoms with van der Waals surface area (Å²) in [5.74, 6) is 0.829. The number of halogens is 2. The fourth-order valence-corrected chi connectivity index (χ4v) is 3.76. The number of fused-ring (bicyclic) bond motifs is 1. The zero-order valence-corrected chi connectivity index (χ0v) is 15.7. The summed E-state index contributed by atoms with van der Waals surface area (Å²) in [6.45, 7) is 0. The van der Waals surface area contributed by atoms with Gasteiger partial charge >= 0.3 is 0 Å². The van der Waals surface area contributed by atoms with Crippen LogP contribution >= 0.6 is 27.5 Å². The number of amides is 1. The number of carbonyl (C=O) groups excluding carboxylic acids is 1. The molecule has 1 aromatic carbocycles. The van der Waals surface area contributed by atoms with Gasteiger partial charge in [0.25, 0.3) is 0 Å². The minimum Gasteiger partial charge on any atom is -0.336 e. The predicted octanol–water partition coefficient (Wildman–Crippen LogP) is 5.17. The highest BCUT2D eigenvalue weighted by Gasteiger charge is 2.23. The maximum absolute atomic E-state index is 12.3. The van der Waals surface area contributed by atoms with Crippen LogP contribution in [0.3, 0.4) is 0 Å². The van der Waals surface area contributed by atoms with Crippen LogP contribution in [0.2, 0.25) is 5.02 Å². The SMILES string of the molecule is O=C(Nc1ccc(Cl)c(-c2nc3ncc(Br)cc3[nH]2)c1)C1CCCC1. The normalized spacial score (nSPS) is 15.0. The molecular weight excluding hydrogens is 404 g/mol. The Bertz CT molecular complexity index is 949. The van der Waals surface area contributed by atoms with Crippen LogP contribution < -0.4 is 5.32 Å². The molecule has 7 heteroatoms. The Hall–Kier alpha value is -1.92. The number of benzene rings is 1. The molecule has 2 aromatic heterocycles. The van der Waals surface area contributed by atoms with E-state index in [4.69, 9.17) is 11.6 Å². The summed E-state index contributed by atoms with van der Waals surface area (Å²) in [5, 5.41) is 3.57. The Morgan fingerprint density at radius 1 is 1.28 bits per heavy atom. The van der Waals surface area contributed by atoms with Crippen molar-refractivity contribution in [3.63, 3.8) is 0 Å². The molecule has 1 fully saturated rings. The topological polar surface area (TPSA) is 70.7 Å². The van der Waals surface area contributed by atoms with E-state index >= 15 is 0 Å². The second-order valence-electron chi connectivity index (χ2n) is 6.28. The molecule has 4 rings (SSSR count). The summed E-state index contributed by atoms with van der Waals surface area (Å²) in [6, 6.07) is 7.36. The zero-order valence-electron chi connectivity index (χ0n) is 13.4. The molecular formula is C18H16BrClN4O. The first-order valence-corrected chi connectivity index (χ1v) is 9.39. The Balaban J connectivity index is 1.65. The average Bonchev–Trinajstić information content (AvgIpc) is 3.25. The minimum atomic E-state index is 0.0842. The van der Waals surface area contributed by atoms with E-state index in [1.807, 2.05) is 18.2 Å². The number of rotatable bonds is 3. The van der Waals surface area contributed by atoms with Crippen molar-refractivity contribution >= 4 is 50.3 Å². The van der Waals surface area contributed by atoms with E-state index in [-0.39, 0.29) is 11.8 Å². The van der Waals surface area contributed by atoms with Crippen LogP contribution in [0.4, 0.5) is 5.69 Å². The van der Waals surface area contributed by atoms with Crippen molar-refractivity contribution in [2.45, 2.75) is 25.7 Å². The highest BCUT2D eigenvalue weighted by atomic mass is 79.9. The highest BCUT2D eigenvalue weighted by Crippen LogP contribution is 2.31. The number of anilines is 1. The number of nitrogens with zero attached hydrogens (tertiary/aromatic N) is 2. The van der Waals surface area contributed by atoms with Crippen LogP contribution in [0.5, 0.6) is 0 Å². The van der Waals surface area contributed by atoms with Crippen molar-refractivity contribution in [3.8, 4) is 11.4 Å². The van der Waals surface area contributed by atoms with Gasteiger partial charge in [-0.05, 0) is 53.0 Å². The number of aromatic nitrogens is 3. The van der Waals surface area contributed by atoms with Crippen molar-refractivity contribution < 1.29 is 4.79 Å². The third-order valence-corrected chi connectivity index (χ3v) is 5.28. The van der Waals surface area contributed by atoms with Crippen molar-refractivity contribution in [2.75, 3.05) is 5.32 Å². The van der Waals surface area contributed by atoms with E-state index in [1.54, 1.807) is 12.3 Å². The van der Waals surface area contributed by atoms with E-state index in [1.165, 1.54) is 0 Å². The average molecular weight is 420 g/mol. The molecule has 1 saturated carbocycles. The molecule has 1 amide bonds. The number of carbonyl (C=O) groups is 1. The summed E-state index contributed by atoms with van der Waals surface area (Å²) < 4.78 is 0.874. The van der Waals surface area contributed by atoms with E-state index in [0.29, 0.717) is 16.5 Å². The van der Waals surface area contributed by atoms with Crippen LogP contribution in [-0.2, 0) is 4.79 Å². The van der Waals surface area contributed by atoms with Gasteiger partial charge in [0.2, 0.25) is 5.91 Å². The van der Waals surface area contributed by atoms with Gasteiger partial charge in [0, 0.05) is 27.8 Å². The molecule has 1 aliphatic carbocycles. The minimum absolute atomic E-state index is 0.0842. The summed E-state index contributed by atoms with van der Waals surface area (Å²) in [5.41, 5.74) is 2.90. The monoisotopic (exact) mass is 418 g/mol. The number of hydrogen-bond acceptors (Lipinski definition) is 3. The van der Waals surface area contributed by atoms with Crippen molar-refractivity contribution in [1.29, 1.82) is 0 Å². The van der Waals surface area contributed by atoms with E-state index in [2.05, 4.69) is 36.2 Å². The molecule has 0 bridgehead atoms.